The maximum atomic E-state index is 15.2. The molecule has 1 saturated heterocycles. The Morgan fingerprint density at radius 3 is 2.55 bits per heavy atom. The zero-order valence-corrected chi connectivity index (χ0v) is 16.9. The molecule has 2 aliphatic rings. The van der Waals surface area contributed by atoms with E-state index in [0.717, 1.165) is 31.5 Å². The van der Waals surface area contributed by atoms with Crippen LogP contribution in [0.3, 0.4) is 0 Å². The van der Waals surface area contributed by atoms with E-state index < -0.39 is 22.9 Å². The van der Waals surface area contributed by atoms with Crippen LogP contribution >= 0.6 is 0 Å². The van der Waals surface area contributed by atoms with Crippen molar-refractivity contribution in [3.8, 4) is 5.75 Å². The Morgan fingerprint density at radius 1 is 1.31 bits per heavy atom. The molecule has 1 aromatic heterocycles. The molecule has 0 unspecified atom stereocenters. The molecule has 2 fully saturated rings. The van der Waals surface area contributed by atoms with Crippen molar-refractivity contribution in [2.45, 2.75) is 45.2 Å². The molecule has 156 valence electrons. The van der Waals surface area contributed by atoms with Crippen LogP contribution in [0.2, 0.25) is 0 Å². The number of carboxylic acid groups (broad SMARTS) is 1. The lowest BCUT2D eigenvalue weighted by Gasteiger charge is -2.44. The topological polar surface area (TPSA) is 97.8 Å². The first kappa shape index (κ1) is 19.7. The summed E-state index contributed by atoms with van der Waals surface area (Å²) in [6, 6.07) is 3.25. The first-order valence-electron chi connectivity index (χ1n) is 9.86. The first-order valence-corrected chi connectivity index (χ1v) is 9.86. The molecule has 1 saturated carbocycles. The number of aromatic carboxylic acids is 1. The lowest BCUT2D eigenvalue weighted by Crippen LogP contribution is -2.52. The summed E-state index contributed by atoms with van der Waals surface area (Å²) in [4.78, 5) is 26.5. The van der Waals surface area contributed by atoms with Crippen molar-refractivity contribution in [3.05, 3.63) is 33.9 Å². The van der Waals surface area contributed by atoms with Crippen molar-refractivity contribution in [1.29, 1.82) is 0 Å². The Morgan fingerprint density at radius 2 is 2.00 bits per heavy atom. The Hall–Kier alpha value is -2.61. The quantitative estimate of drug-likeness (QED) is 0.762. The molecular weight excluding hydrogens is 377 g/mol. The molecular formula is C21H26FN3O4. The summed E-state index contributed by atoms with van der Waals surface area (Å²) >= 11 is 0. The van der Waals surface area contributed by atoms with E-state index in [4.69, 9.17) is 10.5 Å². The number of carboxylic acids is 1. The number of methoxy groups -OCH3 is 1. The molecule has 0 amide bonds. The fraction of sp³-hybridized carbons (Fsp3) is 0.524. The lowest BCUT2D eigenvalue weighted by atomic mass is 9.79. The van der Waals surface area contributed by atoms with Gasteiger partial charge in [0, 0.05) is 25.2 Å². The average Bonchev–Trinajstić information content (AvgIpc) is 3.48. The van der Waals surface area contributed by atoms with Crippen molar-refractivity contribution in [3.63, 3.8) is 0 Å². The minimum Gasteiger partial charge on any atom is -0.492 e. The van der Waals surface area contributed by atoms with Crippen molar-refractivity contribution >= 4 is 22.6 Å². The van der Waals surface area contributed by atoms with Crippen LogP contribution in [-0.2, 0) is 0 Å². The number of pyridine rings is 1. The Bertz CT molecular complexity index is 1060. The molecule has 0 spiro atoms. The van der Waals surface area contributed by atoms with E-state index in [0.29, 0.717) is 17.8 Å². The third kappa shape index (κ3) is 3.06. The van der Waals surface area contributed by atoms with Crippen LogP contribution in [0.25, 0.3) is 10.9 Å². The number of fused-ring (bicyclic) bond motifs is 1. The fourth-order valence-electron chi connectivity index (χ4n) is 4.32. The van der Waals surface area contributed by atoms with Crippen LogP contribution in [0.1, 0.15) is 49.5 Å². The second kappa shape index (κ2) is 6.73. The van der Waals surface area contributed by atoms with Crippen molar-refractivity contribution in [2.75, 3.05) is 25.1 Å². The van der Waals surface area contributed by atoms with Crippen molar-refractivity contribution in [1.82, 2.24) is 4.57 Å². The second-order valence-corrected chi connectivity index (χ2v) is 8.72. The van der Waals surface area contributed by atoms with E-state index in [9.17, 15) is 14.7 Å². The standard InChI is InChI=1S/C21H26FN3O4/c1-21(2)10-24(9-8-14(21)23)13-7-6-12-16(18(13)29-3)25(11-4-5-11)19(22)15(17(12)26)20(27)28/h6-7,11,14H,4-5,8-10,23H2,1-3H3,(H,27,28)/t14-/m1/s1. The predicted molar refractivity (Wildman–Crippen MR) is 109 cm³/mol. The normalized spacial score (nSPS) is 21.4. The zero-order chi connectivity index (χ0) is 21.1. The van der Waals surface area contributed by atoms with E-state index in [1.165, 1.54) is 11.7 Å². The molecule has 3 N–H and O–H groups in total. The van der Waals surface area contributed by atoms with Crippen LogP contribution in [-0.4, -0.2) is 41.9 Å². The molecule has 1 aliphatic carbocycles. The highest BCUT2D eigenvalue weighted by Crippen LogP contribution is 2.44. The number of nitrogens with zero attached hydrogens (tertiary/aromatic N) is 2. The Balaban J connectivity index is 1.99. The van der Waals surface area contributed by atoms with Crippen LogP contribution in [0.5, 0.6) is 5.75 Å². The molecule has 4 rings (SSSR count). The number of halogens is 1. The molecule has 2 heterocycles. The number of ether oxygens (including phenoxy) is 1. The molecule has 1 aromatic carbocycles. The maximum absolute atomic E-state index is 15.2. The van der Waals surface area contributed by atoms with Crippen molar-refractivity contribution < 1.29 is 19.0 Å². The Labute approximate surface area is 167 Å². The molecule has 1 aliphatic heterocycles. The summed E-state index contributed by atoms with van der Waals surface area (Å²) in [5.74, 6) is -2.17. The van der Waals surface area contributed by atoms with E-state index in [1.807, 2.05) is 0 Å². The summed E-state index contributed by atoms with van der Waals surface area (Å²) in [5, 5.41) is 9.55. The number of aromatic nitrogens is 1. The van der Waals surface area contributed by atoms with Gasteiger partial charge in [-0.2, -0.15) is 4.39 Å². The number of hydrogen-bond donors (Lipinski definition) is 2. The van der Waals surface area contributed by atoms with Crippen molar-refractivity contribution in [2.24, 2.45) is 11.1 Å². The van der Waals surface area contributed by atoms with Gasteiger partial charge in [-0.25, -0.2) is 4.79 Å². The lowest BCUT2D eigenvalue weighted by molar-refractivity contribution is 0.0688. The van der Waals surface area contributed by atoms with Gasteiger partial charge in [-0.1, -0.05) is 13.8 Å². The monoisotopic (exact) mass is 403 g/mol. The van der Waals surface area contributed by atoms with E-state index in [1.54, 1.807) is 12.1 Å². The second-order valence-electron chi connectivity index (χ2n) is 8.72. The van der Waals surface area contributed by atoms with Gasteiger partial charge in [0.25, 0.3) is 0 Å². The summed E-state index contributed by atoms with van der Waals surface area (Å²) in [7, 11) is 1.49. The molecule has 0 radical (unpaired) electrons. The van der Waals surface area contributed by atoms with Gasteiger partial charge < -0.3 is 25.0 Å². The highest BCUT2D eigenvalue weighted by molar-refractivity contribution is 5.97. The summed E-state index contributed by atoms with van der Waals surface area (Å²) in [5.41, 5.74) is 5.59. The summed E-state index contributed by atoms with van der Waals surface area (Å²) in [6.07, 6.45) is 2.26. The zero-order valence-electron chi connectivity index (χ0n) is 16.9. The number of nitrogens with two attached hydrogens (primary N) is 1. The van der Waals surface area contributed by atoms with Crippen LogP contribution < -0.4 is 20.8 Å². The van der Waals surface area contributed by atoms with E-state index in [-0.39, 0.29) is 22.9 Å². The first-order chi connectivity index (χ1) is 13.7. The van der Waals surface area contributed by atoms with Gasteiger partial charge in [0.2, 0.25) is 11.4 Å². The van der Waals surface area contributed by atoms with E-state index >= 15 is 4.39 Å². The number of anilines is 1. The minimum absolute atomic E-state index is 0.0745. The highest BCUT2D eigenvalue weighted by atomic mass is 19.1. The molecule has 1 atom stereocenters. The predicted octanol–water partition coefficient (Wildman–Crippen LogP) is 2.75. The number of benzene rings is 1. The van der Waals surface area contributed by atoms with Gasteiger partial charge in [-0.15, -0.1) is 0 Å². The average molecular weight is 403 g/mol. The highest BCUT2D eigenvalue weighted by Gasteiger charge is 2.37. The Kier molecular flexibility index (Phi) is 4.57. The number of hydrogen-bond acceptors (Lipinski definition) is 5. The van der Waals surface area contributed by atoms with Gasteiger partial charge in [0.15, 0.2) is 11.3 Å². The fourth-order valence-corrected chi connectivity index (χ4v) is 4.32. The largest absolute Gasteiger partial charge is 0.492 e. The summed E-state index contributed by atoms with van der Waals surface area (Å²) in [6.45, 7) is 5.63. The van der Waals surface area contributed by atoms with Gasteiger partial charge in [-0.3, -0.25) is 4.79 Å². The molecule has 7 nitrogen and oxygen atoms in total. The van der Waals surface area contributed by atoms with Gasteiger partial charge in [0.05, 0.1) is 23.7 Å². The van der Waals surface area contributed by atoms with Gasteiger partial charge >= 0.3 is 5.97 Å². The molecule has 0 bridgehead atoms. The number of rotatable bonds is 4. The van der Waals surface area contributed by atoms with Crippen LogP contribution in [0.15, 0.2) is 16.9 Å². The number of carbonyl (C=O) groups is 1. The van der Waals surface area contributed by atoms with Crippen LogP contribution in [0, 0.1) is 11.4 Å². The van der Waals surface area contributed by atoms with E-state index in [2.05, 4.69) is 18.7 Å². The third-order valence-corrected chi connectivity index (χ3v) is 6.22. The minimum atomic E-state index is -1.56. The maximum Gasteiger partial charge on any atom is 0.344 e. The third-order valence-electron chi connectivity index (χ3n) is 6.22. The smallest absolute Gasteiger partial charge is 0.344 e. The molecule has 8 heteroatoms. The summed E-state index contributed by atoms with van der Waals surface area (Å²) < 4.78 is 22.2. The number of piperidine rings is 1. The van der Waals surface area contributed by atoms with Crippen LogP contribution in [0.4, 0.5) is 10.1 Å². The van der Waals surface area contributed by atoms with Gasteiger partial charge in [-0.05, 0) is 36.8 Å². The SMILES string of the molecule is COc1c(N2CC[C@@H](N)C(C)(C)C2)ccc2c(=O)c(C(=O)O)c(F)n(C3CC3)c12. The molecule has 2 aromatic rings. The van der Waals surface area contributed by atoms with Gasteiger partial charge in [0.1, 0.15) is 0 Å². The molecule has 29 heavy (non-hydrogen) atoms.